The van der Waals surface area contributed by atoms with E-state index in [2.05, 4.69) is 15.9 Å². The summed E-state index contributed by atoms with van der Waals surface area (Å²) in [4.78, 5) is 11.9. The minimum absolute atomic E-state index is 0.297. The molecule has 4 nitrogen and oxygen atoms in total. The fraction of sp³-hybridized carbons (Fsp3) is 0.133. The third-order valence-corrected chi connectivity index (χ3v) is 3.07. The maximum Gasteiger partial charge on any atom is 0.342 e. The van der Waals surface area contributed by atoms with Gasteiger partial charge in [-0.15, -0.1) is 0 Å². The molecule has 0 amide bonds. The molecular weight excluding hydrogens is 322 g/mol. The van der Waals surface area contributed by atoms with Gasteiger partial charge in [0, 0.05) is 10.2 Å². The second kappa shape index (κ2) is 6.43. The molecule has 2 aromatic rings. The molecule has 2 aromatic carbocycles. The third kappa shape index (κ3) is 3.51. The fourth-order valence-corrected chi connectivity index (χ4v) is 1.90. The molecule has 0 aliphatic carbocycles. The van der Waals surface area contributed by atoms with E-state index in [1.165, 1.54) is 0 Å². The number of carbonyl (C=O) groups excluding carboxylic acids is 1. The average Bonchev–Trinajstić information content (AvgIpc) is 2.43. The molecule has 2 rings (SSSR count). The molecule has 0 saturated heterocycles. The van der Waals surface area contributed by atoms with E-state index in [-0.39, 0.29) is 0 Å². The van der Waals surface area contributed by atoms with Crippen LogP contribution in [0.5, 0.6) is 11.5 Å². The summed E-state index contributed by atoms with van der Waals surface area (Å²) in [5.74, 6) is 0.593. The van der Waals surface area contributed by atoms with Gasteiger partial charge in [0.25, 0.3) is 0 Å². The Morgan fingerprint density at radius 1 is 1.20 bits per heavy atom. The highest BCUT2D eigenvalue weighted by atomic mass is 79.9. The molecule has 104 valence electrons. The first-order chi connectivity index (χ1) is 9.60. The predicted molar refractivity (Wildman–Crippen MR) is 81.0 cm³/mol. The van der Waals surface area contributed by atoms with E-state index < -0.39 is 5.97 Å². The number of anilines is 1. The van der Waals surface area contributed by atoms with Crippen LogP contribution < -0.4 is 10.5 Å². The van der Waals surface area contributed by atoms with Gasteiger partial charge in [0.2, 0.25) is 0 Å². The Balaban J connectivity index is 2.31. The van der Waals surface area contributed by atoms with Gasteiger partial charge in [0.15, 0.2) is 0 Å². The van der Waals surface area contributed by atoms with E-state index in [0.29, 0.717) is 29.4 Å². The lowest BCUT2D eigenvalue weighted by molar-refractivity contribution is 0.0523. The van der Waals surface area contributed by atoms with E-state index in [1.807, 2.05) is 12.1 Å². The Bertz CT molecular complexity index is 611. The summed E-state index contributed by atoms with van der Waals surface area (Å²) in [6, 6.07) is 12.2. The zero-order valence-electron chi connectivity index (χ0n) is 10.9. The Labute approximate surface area is 125 Å². The van der Waals surface area contributed by atoms with Crippen molar-refractivity contribution in [2.24, 2.45) is 0 Å². The quantitative estimate of drug-likeness (QED) is 0.677. The smallest absolute Gasteiger partial charge is 0.342 e. The normalized spacial score (nSPS) is 10.1. The number of benzene rings is 2. The van der Waals surface area contributed by atoms with Gasteiger partial charge in [0.1, 0.15) is 17.1 Å². The van der Waals surface area contributed by atoms with Crippen molar-refractivity contribution in [1.82, 2.24) is 0 Å². The monoisotopic (exact) mass is 335 g/mol. The Hall–Kier alpha value is -2.01. The van der Waals surface area contributed by atoms with Crippen molar-refractivity contribution in [2.45, 2.75) is 6.92 Å². The molecule has 0 fully saturated rings. The number of rotatable bonds is 4. The highest BCUT2D eigenvalue weighted by Crippen LogP contribution is 2.28. The van der Waals surface area contributed by atoms with Crippen molar-refractivity contribution in [3.05, 3.63) is 52.5 Å². The van der Waals surface area contributed by atoms with Crippen LogP contribution in [0.2, 0.25) is 0 Å². The summed E-state index contributed by atoms with van der Waals surface area (Å²) in [5.41, 5.74) is 6.50. The maximum absolute atomic E-state index is 11.9. The molecule has 0 heterocycles. The van der Waals surface area contributed by atoms with Gasteiger partial charge in [-0.05, 0) is 49.4 Å². The lowest BCUT2D eigenvalue weighted by Crippen LogP contribution is -2.07. The van der Waals surface area contributed by atoms with Crippen LogP contribution in [0.1, 0.15) is 17.3 Å². The second-order valence-corrected chi connectivity index (χ2v) is 4.95. The van der Waals surface area contributed by atoms with E-state index in [4.69, 9.17) is 15.2 Å². The van der Waals surface area contributed by atoms with Crippen LogP contribution in [-0.4, -0.2) is 12.6 Å². The molecule has 0 atom stereocenters. The first-order valence-electron chi connectivity index (χ1n) is 6.10. The number of carbonyl (C=O) groups is 1. The van der Waals surface area contributed by atoms with Crippen LogP contribution in [0, 0.1) is 0 Å². The summed E-state index contributed by atoms with van der Waals surface area (Å²) in [5, 5.41) is 0. The van der Waals surface area contributed by atoms with Crippen LogP contribution in [-0.2, 0) is 4.74 Å². The van der Waals surface area contributed by atoms with Gasteiger partial charge in [-0.2, -0.15) is 0 Å². The van der Waals surface area contributed by atoms with Gasteiger partial charge in [-0.3, -0.25) is 0 Å². The summed E-state index contributed by atoms with van der Waals surface area (Å²) >= 11 is 3.35. The largest absolute Gasteiger partial charge is 0.462 e. The minimum Gasteiger partial charge on any atom is -0.462 e. The number of ether oxygens (including phenoxy) is 2. The topological polar surface area (TPSA) is 61.5 Å². The van der Waals surface area contributed by atoms with Gasteiger partial charge in [-0.1, -0.05) is 15.9 Å². The van der Waals surface area contributed by atoms with Gasteiger partial charge >= 0.3 is 5.97 Å². The molecule has 5 heteroatoms. The molecule has 0 spiro atoms. The number of esters is 1. The molecule has 0 saturated carbocycles. The van der Waals surface area contributed by atoms with Gasteiger partial charge < -0.3 is 15.2 Å². The SMILES string of the molecule is CCOC(=O)c1cc(N)ccc1Oc1ccc(Br)cc1. The van der Waals surface area contributed by atoms with Crippen molar-refractivity contribution in [3.63, 3.8) is 0 Å². The predicted octanol–water partition coefficient (Wildman–Crippen LogP) is 4.00. The Morgan fingerprint density at radius 2 is 1.90 bits per heavy atom. The number of hydrogen-bond donors (Lipinski definition) is 1. The van der Waals surface area contributed by atoms with Crippen LogP contribution in [0.25, 0.3) is 0 Å². The van der Waals surface area contributed by atoms with Gasteiger partial charge in [0.05, 0.1) is 6.61 Å². The molecule has 0 aliphatic heterocycles. The Morgan fingerprint density at radius 3 is 2.55 bits per heavy atom. The summed E-state index contributed by atoms with van der Waals surface area (Å²) in [6.45, 7) is 2.05. The fourth-order valence-electron chi connectivity index (χ4n) is 1.63. The van der Waals surface area contributed by atoms with E-state index in [9.17, 15) is 4.79 Å². The molecule has 0 unspecified atom stereocenters. The molecule has 2 N–H and O–H groups in total. The van der Waals surface area contributed by atoms with Crippen molar-refractivity contribution in [2.75, 3.05) is 12.3 Å². The highest BCUT2D eigenvalue weighted by molar-refractivity contribution is 9.10. The number of nitrogen functional groups attached to an aromatic ring is 1. The highest BCUT2D eigenvalue weighted by Gasteiger charge is 2.15. The second-order valence-electron chi connectivity index (χ2n) is 4.03. The minimum atomic E-state index is -0.452. The Kier molecular flexibility index (Phi) is 4.63. The lowest BCUT2D eigenvalue weighted by Gasteiger charge is -2.11. The van der Waals surface area contributed by atoms with Crippen molar-refractivity contribution in [3.8, 4) is 11.5 Å². The van der Waals surface area contributed by atoms with E-state index in [1.54, 1.807) is 37.3 Å². The van der Waals surface area contributed by atoms with Crippen LogP contribution in [0.3, 0.4) is 0 Å². The summed E-state index contributed by atoms with van der Waals surface area (Å²) < 4.78 is 11.7. The average molecular weight is 336 g/mol. The van der Waals surface area contributed by atoms with E-state index in [0.717, 1.165) is 4.47 Å². The zero-order chi connectivity index (χ0) is 14.5. The number of hydrogen-bond acceptors (Lipinski definition) is 4. The van der Waals surface area contributed by atoms with Crippen molar-refractivity contribution in [1.29, 1.82) is 0 Å². The number of nitrogens with two attached hydrogens (primary N) is 1. The van der Waals surface area contributed by atoms with Gasteiger partial charge in [-0.25, -0.2) is 4.79 Å². The lowest BCUT2D eigenvalue weighted by atomic mass is 10.2. The molecule has 0 aliphatic rings. The van der Waals surface area contributed by atoms with E-state index >= 15 is 0 Å². The van der Waals surface area contributed by atoms with Crippen LogP contribution in [0.15, 0.2) is 46.9 Å². The standard InChI is InChI=1S/C15H14BrNO3/c1-2-19-15(18)13-9-11(17)5-8-14(13)20-12-6-3-10(16)4-7-12/h3-9H,2,17H2,1H3. The summed E-state index contributed by atoms with van der Waals surface area (Å²) in [7, 11) is 0. The maximum atomic E-state index is 11.9. The zero-order valence-corrected chi connectivity index (χ0v) is 12.5. The third-order valence-electron chi connectivity index (χ3n) is 2.54. The molecule has 0 aromatic heterocycles. The molecule has 0 bridgehead atoms. The van der Waals surface area contributed by atoms with Crippen molar-refractivity contribution >= 4 is 27.6 Å². The summed E-state index contributed by atoms with van der Waals surface area (Å²) in [6.07, 6.45) is 0. The molecule has 0 radical (unpaired) electrons. The molecular formula is C15H14BrNO3. The first kappa shape index (κ1) is 14.4. The van der Waals surface area contributed by atoms with Crippen LogP contribution >= 0.6 is 15.9 Å². The number of halogens is 1. The van der Waals surface area contributed by atoms with Crippen LogP contribution in [0.4, 0.5) is 5.69 Å². The van der Waals surface area contributed by atoms with Crippen molar-refractivity contribution < 1.29 is 14.3 Å². The molecule has 20 heavy (non-hydrogen) atoms. The first-order valence-corrected chi connectivity index (χ1v) is 6.89.